The second-order valence-corrected chi connectivity index (χ2v) is 6.18. The molecule has 2 aliphatic rings. The molecule has 6 heteroatoms. The highest BCUT2D eigenvalue weighted by molar-refractivity contribution is 5.99. The quantitative estimate of drug-likeness (QED) is 0.767. The Morgan fingerprint density at radius 3 is 3.00 bits per heavy atom. The zero-order valence-corrected chi connectivity index (χ0v) is 14.0. The molecular weight excluding hydrogens is 314 g/mol. The Balaban J connectivity index is 0.00000192. The summed E-state index contributed by atoms with van der Waals surface area (Å²) in [5, 5.41) is 9.23. The third-order valence-corrected chi connectivity index (χ3v) is 4.33. The number of aryl methyl sites for hydroxylation is 1. The fourth-order valence-electron chi connectivity index (χ4n) is 3.17. The molecule has 0 aromatic heterocycles. The summed E-state index contributed by atoms with van der Waals surface area (Å²) in [6, 6.07) is 6.37. The highest BCUT2D eigenvalue weighted by Gasteiger charge is 2.18. The van der Waals surface area contributed by atoms with Gasteiger partial charge in [0.2, 0.25) is 11.8 Å². The lowest BCUT2D eigenvalue weighted by molar-refractivity contribution is -0.122. The van der Waals surface area contributed by atoms with E-state index in [4.69, 9.17) is 0 Å². The van der Waals surface area contributed by atoms with E-state index >= 15 is 0 Å². The molecule has 3 N–H and O–H groups in total. The number of hydrogen-bond acceptors (Lipinski definition) is 3. The average molecular weight is 338 g/mol. The maximum atomic E-state index is 11.9. The van der Waals surface area contributed by atoms with Crippen molar-refractivity contribution in [1.29, 1.82) is 0 Å². The molecule has 2 amide bonds. The Bertz CT molecular complexity index is 571. The lowest BCUT2D eigenvalue weighted by Crippen LogP contribution is -2.45. The zero-order chi connectivity index (χ0) is 15.4. The first kappa shape index (κ1) is 17.8. The van der Waals surface area contributed by atoms with Gasteiger partial charge in [-0.1, -0.05) is 12.1 Å². The van der Waals surface area contributed by atoms with Crippen molar-refractivity contribution in [3.8, 4) is 0 Å². The van der Waals surface area contributed by atoms with Crippen molar-refractivity contribution in [2.24, 2.45) is 0 Å². The van der Waals surface area contributed by atoms with Gasteiger partial charge in [0.15, 0.2) is 0 Å². The summed E-state index contributed by atoms with van der Waals surface area (Å²) in [6.07, 6.45) is 4.95. The number of nitrogens with one attached hydrogen (secondary N) is 3. The molecule has 23 heavy (non-hydrogen) atoms. The van der Waals surface area contributed by atoms with Crippen molar-refractivity contribution in [1.82, 2.24) is 10.6 Å². The van der Waals surface area contributed by atoms with E-state index in [1.807, 2.05) is 12.1 Å². The summed E-state index contributed by atoms with van der Waals surface area (Å²) >= 11 is 0. The summed E-state index contributed by atoms with van der Waals surface area (Å²) in [5.41, 5.74) is 3.19. The molecule has 0 saturated carbocycles. The van der Waals surface area contributed by atoms with Crippen molar-refractivity contribution >= 4 is 29.9 Å². The molecule has 0 bridgehead atoms. The van der Waals surface area contributed by atoms with Crippen LogP contribution in [0.15, 0.2) is 18.2 Å². The van der Waals surface area contributed by atoms with Crippen LogP contribution in [0.2, 0.25) is 0 Å². The van der Waals surface area contributed by atoms with Gasteiger partial charge in [0, 0.05) is 24.7 Å². The third kappa shape index (κ3) is 4.94. The van der Waals surface area contributed by atoms with Crippen LogP contribution in [0.3, 0.4) is 0 Å². The molecule has 3 rings (SSSR count). The minimum Gasteiger partial charge on any atom is -0.352 e. The van der Waals surface area contributed by atoms with Crippen LogP contribution in [0.5, 0.6) is 0 Å². The Morgan fingerprint density at radius 2 is 2.22 bits per heavy atom. The van der Waals surface area contributed by atoms with E-state index < -0.39 is 0 Å². The fraction of sp³-hybridized carbons (Fsp3) is 0.529. The molecule has 1 atom stereocenters. The van der Waals surface area contributed by atoms with E-state index in [1.54, 1.807) is 0 Å². The molecule has 126 valence electrons. The van der Waals surface area contributed by atoms with Crippen LogP contribution < -0.4 is 16.0 Å². The number of piperidine rings is 1. The van der Waals surface area contributed by atoms with Crippen LogP contribution in [0.4, 0.5) is 5.69 Å². The summed E-state index contributed by atoms with van der Waals surface area (Å²) in [4.78, 5) is 23.3. The first-order valence-electron chi connectivity index (χ1n) is 8.12. The van der Waals surface area contributed by atoms with Crippen molar-refractivity contribution in [2.45, 2.75) is 44.6 Å². The standard InChI is InChI=1S/C17H23N3O2.ClH/c21-16(19-14-4-2-8-18-11-14)5-1-3-12-6-7-15-13(9-12)10-17(22)20-15;/h6-7,9,14,18H,1-5,8,10-11H2,(H,19,21)(H,20,22);1H. The largest absolute Gasteiger partial charge is 0.352 e. The fourth-order valence-corrected chi connectivity index (χ4v) is 3.17. The monoisotopic (exact) mass is 337 g/mol. The highest BCUT2D eigenvalue weighted by Crippen LogP contribution is 2.24. The van der Waals surface area contributed by atoms with Gasteiger partial charge in [0.05, 0.1) is 6.42 Å². The second-order valence-electron chi connectivity index (χ2n) is 6.18. The topological polar surface area (TPSA) is 70.2 Å². The maximum Gasteiger partial charge on any atom is 0.228 e. The van der Waals surface area contributed by atoms with E-state index in [9.17, 15) is 9.59 Å². The van der Waals surface area contributed by atoms with Crippen LogP contribution >= 0.6 is 12.4 Å². The van der Waals surface area contributed by atoms with Crippen LogP contribution in [-0.4, -0.2) is 30.9 Å². The molecule has 1 fully saturated rings. The van der Waals surface area contributed by atoms with Crippen molar-refractivity contribution < 1.29 is 9.59 Å². The SMILES string of the molecule is Cl.O=C1Cc2cc(CCCC(=O)NC3CCCNC3)ccc2N1. The Labute approximate surface area is 143 Å². The van der Waals surface area contributed by atoms with Crippen LogP contribution in [-0.2, 0) is 22.4 Å². The van der Waals surface area contributed by atoms with E-state index in [0.29, 0.717) is 18.9 Å². The first-order chi connectivity index (χ1) is 10.7. The molecule has 0 aliphatic carbocycles. The third-order valence-electron chi connectivity index (χ3n) is 4.33. The molecule has 0 spiro atoms. The molecule has 1 aromatic carbocycles. The molecule has 5 nitrogen and oxygen atoms in total. The molecule has 2 heterocycles. The van der Waals surface area contributed by atoms with Gasteiger partial charge in [-0.2, -0.15) is 0 Å². The maximum absolute atomic E-state index is 11.9. The number of hydrogen-bond donors (Lipinski definition) is 3. The van der Waals surface area contributed by atoms with Crippen LogP contribution in [0.1, 0.15) is 36.8 Å². The summed E-state index contributed by atoms with van der Waals surface area (Å²) in [7, 11) is 0. The lowest BCUT2D eigenvalue weighted by Gasteiger charge is -2.23. The number of fused-ring (bicyclic) bond motifs is 1. The van der Waals surface area contributed by atoms with Gasteiger partial charge in [-0.25, -0.2) is 0 Å². The Kier molecular flexibility index (Phi) is 6.42. The number of amides is 2. The molecule has 0 radical (unpaired) electrons. The van der Waals surface area contributed by atoms with Gasteiger partial charge in [-0.05, 0) is 49.4 Å². The minimum absolute atomic E-state index is 0. The minimum atomic E-state index is 0. The van der Waals surface area contributed by atoms with Crippen molar-refractivity contribution in [3.05, 3.63) is 29.3 Å². The van der Waals surface area contributed by atoms with Gasteiger partial charge in [-0.3, -0.25) is 9.59 Å². The predicted octanol–water partition coefficient (Wildman–Crippen LogP) is 1.79. The number of rotatable bonds is 5. The van der Waals surface area contributed by atoms with Crippen LogP contribution in [0.25, 0.3) is 0 Å². The number of halogens is 1. The van der Waals surface area contributed by atoms with Gasteiger partial charge in [0.25, 0.3) is 0 Å². The molecule has 1 saturated heterocycles. The zero-order valence-electron chi connectivity index (χ0n) is 13.2. The average Bonchev–Trinajstić information content (AvgIpc) is 2.87. The smallest absolute Gasteiger partial charge is 0.228 e. The number of carbonyl (C=O) groups is 2. The molecule has 1 aromatic rings. The first-order valence-corrected chi connectivity index (χ1v) is 8.12. The van der Waals surface area contributed by atoms with E-state index in [2.05, 4.69) is 22.0 Å². The van der Waals surface area contributed by atoms with Crippen molar-refractivity contribution in [2.75, 3.05) is 18.4 Å². The van der Waals surface area contributed by atoms with Crippen molar-refractivity contribution in [3.63, 3.8) is 0 Å². The lowest BCUT2D eigenvalue weighted by atomic mass is 10.0. The van der Waals surface area contributed by atoms with Gasteiger partial charge in [0.1, 0.15) is 0 Å². The Hall–Kier alpha value is -1.59. The van der Waals surface area contributed by atoms with Gasteiger partial charge >= 0.3 is 0 Å². The van der Waals surface area contributed by atoms with E-state index in [0.717, 1.165) is 50.0 Å². The highest BCUT2D eigenvalue weighted by atomic mass is 35.5. The normalized spacial score (nSPS) is 19.5. The molecule has 1 unspecified atom stereocenters. The Morgan fingerprint density at radius 1 is 1.35 bits per heavy atom. The summed E-state index contributed by atoms with van der Waals surface area (Å²) < 4.78 is 0. The predicted molar refractivity (Wildman–Crippen MR) is 93.0 cm³/mol. The number of carbonyl (C=O) groups excluding carboxylic acids is 2. The van der Waals surface area contributed by atoms with E-state index in [-0.39, 0.29) is 24.2 Å². The van der Waals surface area contributed by atoms with Gasteiger partial charge < -0.3 is 16.0 Å². The molecular formula is C17H24ClN3O2. The number of benzene rings is 1. The summed E-state index contributed by atoms with van der Waals surface area (Å²) in [5.74, 6) is 0.208. The van der Waals surface area contributed by atoms with Crippen LogP contribution in [0, 0.1) is 0 Å². The summed E-state index contributed by atoms with van der Waals surface area (Å²) in [6.45, 7) is 1.94. The number of anilines is 1. The van der Waals surface area contributed by atoms with Gasteiger partial charge in [-0.15, -0.1) is 12.4 Å². The molecule has 2 aliphatic heterocycles. The second kappa shape index (κ2) is 8.31. The van der Waals surface area contributed by atoms with E-state index in [1.165, 1.54) is 5.56 Å².